The van der Waals surface area contributed by atoms with Crippen LogP contribution in [-0.2, 0) is 0 Å². The lowest BCUT2D eigenvalue weighted by Crippen LogP contribution is -2.40. The molecule has 24 heavy (non-hydrogen) atoms. The van der Waals surface area contributed by atoms with Gasteiger partial charge in [0, 0.05) is 24.3 Å². The summed E-state index contributed by atoms with van der Waals surface area (Å²) in [6.07, 6.45) is 0. The molecule has 6 nitrogen and oxygen atoms in total. The summed E-state index contributed by atoms with van der Waals surface area (Å²) >= 11 is 0. The molecule has 128 valence electrons. The zero-order valence-corrected chi connectivity index (χ0v) is 14.0. The van der Waals surface area contributed by atoms with Gasteiger partial charge in [-0.15, -0.1) is 0 Å². The van der Waals surface area contributed by atoms with E-state index in [1.807, 2.05) is 13.8 Å². The Hall–Kier alpha value is -2.54. The summed E-state index contributed by atoms with van der Waals surface area (Å²) in [6, 6.07) is 7.41. The van der Waals surface area contributed by atoms with Gasteiger partial charge in [-0.3, -0.25) is 9.59 Å². The zero-order valence-electron chi connectivity index (χ0n) is 14.0. The number of aryl methyl sites for hydroxylation is 1. The molecular formula is C17H21FN4O2. The number of carbonyl (C=O) groups is 1. The molecule has 2 aromatic rings. The Morgan fingerprint density at radius 2 is 2.08 bits per heavy atom. The third kappa shape index (κ3) is 4.05. The van der Waals surface area contributed by atoms with E-state index in [1.165, 1.54) is 22.9 Å². The van der Waals surface area contributed by atoms with Crippen LogP contribution in [0, 0.1) is 12.7 Å². The fraction of sp³-hybridized carbons (Fsp3) is 0.353. The number of hydrogen-bond acceptors (Lipinski definition) is 4. The lowest BCUT2D eigenvalue weighted by molar-refractivity contribution is 0.0942. The maximum absolute atomic E-state index is 14.0. The molecule has 2 rings (SSSR count). The van der Waals surface area contributed by atoms with Gasteiger partial charge in [-0.25, -0.2) is 9.07 Å². The minimum atomic E-state index is -0.574. The topological polar surface area (TPSA) is 76.0 Å². The van der Waals surface area contributed by atoms with Gasteiger partial charge in [0.25, 0.3) is 5.91 Å². The van der Waals surface area contributed by atoms with Crippen molar-refractivity contribution in [2.75, 3.05) is 13.1 Å². The average Bonchev–Trinajstić information content (AvgIpc) is 2.54. The highest BCUT2D eigenvalue weighted by Gasteiger charge is 2.17. The molecule has 1 amide bonds. The highest BCUT2D eigenvalue weighted by Crippen LogP contribution is 2.12. The Kier molecular flexibility index (Phi) is 5.81. The molecule has 7 heteroatoms. The summed E-state index contributed by atoms with van der Waals surface area (Å²) in [5.74, 6) is -1.06. The van der Waals surface area contributed by atoms with E-state index in [-0.39, 0.29) is 17.4 Å². The van der Waals surface area contributed by atoms with E-state index in [1.54, 1.807) is 19.1 Å². The Bertz CT molecular complexity index is 788. The molecule has 1 heterocycles. The van der Waals surface area contributed by atoms with Crippen molar-refractivity contribution in [3.8, 4) is 5.69 Å². The number of carbonyl (C=O) groups excluding carboxylic acids is 1. The largest absolute Gasteiger partial charge is 0.349 e. The Morgan fingerprint density at radius 3 is 2.75 bits per heavy atom. The molecule has 0 spiro atoms. The molecule has 0 saturated heterocycles. The van der Waals surface area contributed by atoms with E-state index < -0.39 is 17.2 Å². The Morgan fingerprint density at radius 1 is 1.38 bits per heavy atom. The molecule has 0 radical (unpaired) electrons. The number of amides is 1. The summed E-state index contributed by atoms with van der Waals surface area (Å²) in [7, 11) is 0. The molecule has 1 aromatic heterocycles. The third-order valence-corrected chi connectivity index (χ3v) is 3.52. The number of hydrogen-bond donors (Lipinski definition) is 2. The maximum atomic E-state index is 14.0. The molecule has 0 fully saturated rings. The fourth-order valence-electron chi connectivity index (χ4n) is 2.32. The average molecular weight is 332 g/mol. The molecule has 0 unspecified atom stereocenters. The molecule has 1 atom stereocenters. The number of nitrogens with zero attached hydrogens (tertiary/aromatic N) is 2. The van der Waals surface area contributed by atoms with Crippen molar-refractivity contribution in [1.29, 1.82) is 0 Å². The summed E-state index contributed by atoms with van der Waals surface area (Å²) in [5, 5.41) is 9.88. The van der Waals surface area contributed by atoms with E-state index >= 15 is 0 Å². The molecule has 0 bridgehead atoms. The molecule has 0 aliphatic carbocycles. The predicted molar refractivity (Wildman–Crippen MR) is 90.0 cm³/mol. The van der Waals surface area contributed by atoms with Crippen molar-refractivity contribution in [3.05, 3.63) is 57.8 Å². The highest BCUT2D eigenvalue weighted by molar-refractivity contribution is 5.92. The Labute approximate surface area is 139 Å². The first kappa shape index (κ1) is 17.8. The predicted octanol–water partition coefficient (Wildman–Crippen LogP) is 1.41. The number of aromatic nitrogens is 2. The first-order valence-corrected chi connectivity index (χ1v) is 7.81. The number of benzene rings is 1. The highest BCUT2D eigenvalue weighted by atomic mass is 19.1. The number of para-hydroxylation sites is 1. The quantitative estimate of drug-likeness (QED) is 0.839. The van der Waals surface area contributed by atoms with Gasteiger partial charge in [0.05, 0.1) is 0 Å². The lowest BCUT2D eigenvalue weighted by Gasteiger charge is -2.14. The van der Waals surface area contributed by atoms with E-state index in [0.717, 1.165) is 6.54 Å². The second kappa shape index (κ2) is 7.83. The van der Waals surface area contributed by atoms with Gasteiger partial charge in [-0.2, -0.15) is 5.10 Å². The van der Waals surface area contributed by atoms with Crippen molar-refractivity contribution in [1.82, 2.24) is 20.4 Å². The van der Waals surface area contributed by atoms with Crippen LogP contribution in [0.2, 0.25) is 0 Å². The van der Waals surface area contributed by atoms with Gasteiger partial charge in [0.15, 0.2) is 5.69 Å². The second-order valence-electron chi connectivity index (χ2n) is 5.53. The smallest absolute Gasteiger partial charge is 0.275 e. The van der Waals surface area contributed by atoms with Crippen molar-refractivity contribution >= 4 is 5.91 Å². The van der Waals surface area contributed by atoms with Gasteiger partial charge in [0.1, 0.15) is 11.5 Å². The van der Waals surface area contributed by atoms with Crippen LogP contribution in [-0.4, -0.2) is 34.8 Å². The van der Waals surface area contributed by atoms with E-state index in [0.29, 0.717) is 12.2 Å². The van der Waals surface area contributed by atoms with Crippen LogP contribution in [0.3, 0.4) is 0 Å². The SMILES string of the molecule is CCN[C@H](C)CNC(=O)c1nn(-c2ccccc2F)c(C)cc1=O. The van der Waals surface area contributed by atoms with Crippen LogP contribution in [0.25, 0.3) is 5.69 Å². The second-order valence-corrected chi connectivity index (χ2v) is 5.53. The summed E-state index contributed by atoms with van der Waals surface area (Å²) in [5.41, 5.74) is -0.117. The molecule has 0 aliphatic rings. The van der Waals surface area contributed by atoms with E-state index in [2.05, 4.69) is 15.7 Å². The monoisotopic (exact) mass is 332 g/mol. The summed E-state index contributed by atoms with van der Waals surface area (Å²) in [6.45, 7) is 6.66. The molecular weight excluding hydrogens is 311 g/mol. The van der Waals surface area contributed by atoms with Gasteiger partial charge in [-0.05, 0) is 32.5 Å². The summed E-state index contributed by atoms with van der Waals surface area (Å²) < 4.78 is 15.2. The van der Waals surface area contributed by atoms with Crippen LogP contribution in [0.5, 0.6) is 0 Å². The fourth-order valence-corrected chi connectivity index (χ4v) is 2.32. The van der Waals surface area contributed by atoms with Gasteiger partial charge < -0.3 is 10.6 Å². The first-order valence-electron chi connectivity index (χ1n) is 7.81. The number of rotatable bonds is 6. The molecule has 1 aromatic carbocycles. The minimum Gasteiger partial charge on any atom is -0.349 e. The lowest BCUT2D eigenvalue weighted by atomic mass is 10.2. The standard InChI is InChI=1S/C17H21FN4O2/c1-4-19-11(2)10-20-17(24)16-15(23)9-12(3)22(21-16)14-8-6-5-7-13(14)18/h5-9,11,19H,4,10H2,1-3H3,(H,20,24)/t11-/m1/s1. The normalized spacial score (nSPS) is 12.0. The molecule has 0 aliphatic heterocycles. The number of nitrogens with one attached hydrogen (secondary N) is 2. The van der Waals surface area contributed by atoms with Crippen molar-refractivity contribution < 1.29 is 9.18 Å². The van der Waals surface area contributed by atoms with E-state index in [4.69, 9.17) is 0 Å². The number of likely N-dealkylation sites (N-methyl/N-ethyl adjacent to an activating group) is 1. The van der Waals surface area contributed by atoms with Crippen LogP contribution in [0.4, 0.5) is 4.39 Å². The van der Waals surface area contributed by atoms with Gasteiger partial charge >= 0.3 is 0 Å². The number of halogens is 1. The first-order chi connectivity index (χ1) is 11.4. The minimum absolute atomic E-state index is 0.0678. The van der Waals surface area contributed by atoms with Crippen LogP contribution in [0.15, 0.2) is 35.1 Å². The third-order valence-electron chi connectivity index (χ3n) is 3.52. The molecule has 2 N–H and O–H groups in total. The maximum Gasteiger partial charge on any atom is 0.275 e. The van der Waals surface area contributed by atoms with Crippen LogP contribution >= 0.6 is 0 Å². The molecule has 0 saturated carbocycles. The Balaban J connectivity index is 2.32. The van der Waals surface area contributed by atoms with E-state index in [9.17, 15) is 14.0 Å². The van der Waals surface area contributed by atoms with Gasteiger partial charge in [-0.1, -0.05) is 19.1 Å². The van der Waals surface area contributed by atoms with Crippen molar-refractivity contribution in [2.24, 2.45) is 0 Å². The van der Waals surface area contributed by atoms with Gasteiger partial charge in [0.2, 0.25) is 5.43 Å². The zero-order chi connectivity index (χ0) is 17.7. The van der Waals surface area contributed by atoms with Crippen LogP contribution < -0.4 is 16.1 Å². The van der Waals surface area contributed by atoms with Crippen LogP contribution in [0.1, 0.15) is 30.0 Å². The van der Waals surface area contributed by atoms with Crippen molar-refractivity contribution in [3.63, 3.8) is 0 Å². The van der Waals surface area contributed by atoms with Crippen molar-refractivity contribution in [2.45, 2.75) is 26.8 Å². The summed E-state index contributed by atoms with van der Waals surface area (Å²) in [4.78, 5) is 24.3.